The Kier molecular flexibility index (Phi) is 5.60. The van der Waals surface area contributed by atoms with Crippen molar-refractivity contribution in [3.63, 3.8) is 0 Å². The number of aromatic nitrogens is 4. The third-order valence-electron chi connectivity index (χ3n) is 5.01. The molecule has 0 bridgehead atoms. The maximum atomic E-state index is 12.7. The summed E-state index contributed by atoms with van der Waals surface area (Å²) in [5.74, 6) is 1.25. The normalized spacial score (nSPS) is 14.0. The molecular weight excluding hydrogens is 366 g/mol. The Bertz CT molecular complexity index is 954. The zero-order chi connectivity index (χ0) is 20.1. The number of hydrogen-bond donors (Lipinski definition) is 1. The van der Waals surface area contributed by atoms with E-state index in [1.165, 1.54) is 11.1 Å². The zero-order valence-electron chi connectivity index (χ0n) is 16.3. The second-order valence-electron chi connectivity index (χ2n) is 6.91. The molecule has 0 radical (unpaired) electrons. The van der Waals surface area contributed by atoms with Crippen molar-refractivity contribution in [1.82, 2.24) is 25.1 Å². The summed E-state index contributed by atoms with van der Waals surface area (Å²) in [5.41, 5.74) is 2.78. The van der Waals surface area contributed by atoms with Crippen molar-refractivity contribution in [2.24, 2.45) is 0 Å². The Morgan fingerprint density at radius 1 is 0.966 bits per heavy atom. The number of hydrogen-bond acceptors (Lipinski definition) is 7. The fourth-order valence-electron chi connectivity index (χ4n) is 3.26. The Morgan fingerprint density at radius 3 is 2.41 bits per heavy atom. The van der Waals surface area contributed by atoms with Crippen molar-refractivity contribution < 1.29 is 4.79 Å². The molecule has 1 amide bonds. The van der Waals surface area contributed by atoms with Crippen LogP contribution in [0.3, 0.4) is 0 Å². The highest BCUT2D eigenvalue weighted by molar-refractivity contribution is 5.92. The molecule has 8 heteroatoms. The number of carbonyl (C=O) groups is 1. The number of nitrogens with one attached hydrogen (secondary N) is 1. The smallest absolute Gasteiger partial charge is 0.274 e. The molecule has 8 nitrogen and oxygen atoms in total. The molecule has 0 aliphatic carbocycles. The Hall–Kier alpha value is -3.55. The van der Waals surface area contributed by atoms with Gasteiger partial charge in [-0.15, -0.1) is 10.2 Å². The molecule has 1 fully saturated rings. The Morgan fingerprint density at radius 2 is 1.72 bits per heavy atom. The number of aryl methyl sites for hydroxylation is 1. The molecule has 148 valence electrons. The maximum absolute atomic E-state index is 12.7. The predicted molar refractivity (Wildman–Crippen MR) is 111 cm³/mol. The van der Waals surface area contributed by atoms with E-state index in [4.69, 9.17) is 0 Å². The first-order chi connectivity index (χ1) is 14.2. The van der Waals surface area contributed by atoms with E-state index >= 15 is 0 Å². The van der Waals surface area contributed by atoms with Gasteiger partial charge in [0.15, 0.2) is 5.69 Å². The molecule has 1 aliphatic heterocycles. The number of carbonyl (C=O) groups excluding carboxylic acids is 1. The first-order valence-corrected chi connectivity index (χ1v) is 9.64. The van der Waals surface area contributed by atoms with E-state index < -0.39 is 0 Å². The van der Waals surface area contributed by atoms with Crippen molar-refractivity contribution in [2.75, 3.05) is 36.4 Å². The van der Waals surface area contributed by atoms with Crippen LogP contribution in [0.25, 0.3) is 0 Å². The van der Waals surface area contributed by atoms with E-state index in [2.05, 4.69) is 49.4 Å². The Balaban J connectivity index is 1.32. The molecule has 2 aromatic heterocycles. The molecule has 0 unspecified atom stereocenters. The molecular formula is C21H23N7O. The molecule has 29 heavy (non-hydrogen) atoms. The lowest BCUT2D eigenvalue weighted by molar-refractivity contribution is 0.0739. The highest BCUT2D eigenvalue weighted by atomic mass is 16.2. The topological polar surface area (TPSA) is 87.1 Å². The standard InChI is InChI=1S/C21H23N7O/c1-16-5-2-3-6-17(16)15-24-19-8-7-18(25-26-19)20(29)27-11-13-28(14-12-27)21-22-9-4-10-23-21/h2-10H,11-15H2,1H3,(H,24,26). The van der Waals surface area contributed by atoms with Gasteiger partial charge in [0.2, 0.25) is 5.95 Å². The lowest BCUT2D eigenvalue weighted by Gasteiger charge is -2.34. The number of rotatable bonds is 5. The zero-order valence-corrected chi connectivity index (χ0v) is 16.3. The van der Waals surface area contributed by atoms with E-state index in [0.29, 0.717) is 50.2 Å². The number of anilines is 2. The van der Waals surface area contributed by atoms with Crippen LogP contribution in [0.1, 0.15) is 21.6 Å². The van der Waals surface area contributed by atoms with E-state index in [1.807, 2.05) is 12.1 Å². The summed E-state index contributed by atoms with van der Waals surface area (Å²) in [7, 11) is 0. The van der Waals surface area contributed by atoms with Gasteiger partial charge in [-0.3, -0.25) is 4.79 Å². The average Bonchev–Trinajstić information content (AvgIpc) is 2.79. The van der Waals surface area contributed by atoms with Crippen LogP contribution in [0.2, 0.25) is 0 Å². The van der Waals surface area contributed by atoms with Gasteiger partial charge in [-0.25, -0.2) is 9.97 Å². The van der Waals surface area contributed by atoms with Gasteiger partial charge in [-0.05, 0) is 36.2 Å². The third-order valence-corrected chi connectivity index (χ3v) is 5.01. The first-order valence-electron chi connectivity index (χ1n) is 9.64. The fraction of sp³-hybridized carbons (Fsp3) is 0.286. The molecule has 4 rings (SSSR count). The number of nitrogens with zero attached hydrogens (tertiary/aromatic N) is 6. The van der Waals surface area contributed by atoms with Crippen LogP contribution in [-0.4, -0.2) is 57.2 Å². The van der Waals surface area contributed by atoms with E-state index in [0.717, 1.165) is 0 Å². The number of benzene rings is 1. The molecule has 0 saturated carbocycles. The highest BCUT2D eigenvalue weighted by Gasteiger charge is 2.24. The molecule has 1 aromatic carbocycles. The molecule has 0 spiro atoms. The largest absolute Gasteiger partial charge is 0.364 e. The molecule has 3 heterocycles. The molecule has 1 saturated heterocycles. The van der Waals surface area contributed by atoms with Gasteiger partial charge < -0.3 is 15.1 Å². The van der Waals surface area contributed by atoms with Gasteiger partial charge in [0.25, 0.3) is 5.91 Å². The summed E-state index contributed by atoms with van der Waals surface area (Å²) in [6.45, 7) is 5.34. The highest BCUT2D eigenvalue weighted by Crippen LogP contribution is 2.13. The first kappa shape index (κ1) is 18.8. The van der Waals surface area contributed by atoms with Crippen molar-refractivity contribution >= 4 is 17.7 Å². The van der Waals surface area contributed by atoms with Crippen molar-refractivity contribution in [2.45, 2.75) is 13.5 Å². The van der Waals surface area contributed by atoms with Crippen LogP contribution in [0, 0.1) is 6.92 Å². The van der Waals surface area contributed by atoms with Crippen LogP contribution in [0.4, 0.5) is 11.8 Å². The number of piperazine rings is 1. The molecule has 0 atom stereocenters. The minimum atomic E-state index is -0.100. The van der Waals surface area contributed by atoms with E-state index in [9.17, 15) is 4.79 Å². The SMILES string of the molecule is Cc1ccccc1CNc1ccc(C(=O)N2CCN(c3ncccn3)CC2)nn1. The van der Waals surface area contributed by atoms with Crippen molar-refractivity contribution in [3.8, 4) is 0 Å². The maximum Gasteiger partial charge on any atom is 0.274 e. The van der Waals surface area contributed by atoms with Gasteiger partial charge in [0.05, 0.1) is 0 Å². The quantitative estimate of drug-likeness (QED) is 0.715. The van der Waals surface area contributed by atoms with E-state index in [1.54, 1.807) is 35.5 Å². The number of amides is 1. The van der Waals surface area contributed by atoms with Gasteiger partial charge in [-0.1, -0.05) is 24.3 Å². The van der Waals surface area contributed by atoms with Gasteiger partial charge in [0, 0.05) is 45.1 Å². The fourth-order valence-corrected chi connectivity index (χ4v) is 3.26. The van der Waals surface area contributed by atoms with Crippen LogP contribution in [0.5, 0.6) is 0 Å². The lowest BCUT2D eigenvalue weighted by Crippen LogP contribution is -2.49. The minimum Gasteiger partial charge on any atom is -0.364 e. The average molecular weight is 389 g/mol. The summed E-state index contributed by atoms with van der Waals surface area (Å²) in [6, 6.07) is 13.5. The predicted octanol–water partition coefficient (Wildman–Crippen LogP) is 2.15. The summed E-state index contributed by atoms with van der Waals surface area (Å²) >= 11 is 0. The van der Waals surface area contributed by atoms with Gasteiger partial charge in [0.1, 0.15) is 5.82 Å². The third kappa shape index (κ3) is 4.48. The second-order valence-corrected chi connectivity index (χ2v) is 6.91. The summed E-state index contributed by atoms with van der Waals surface area (Å²) < 4.78 is 0. The van der Waals surface area contributed by atoms with Gasteiger partial charge in [-0.2, -0.15) is 0 Å². The second kappa shape index (κ2) is 8.64. The van der Waals surface area contributed by atoms with Crippen LogP contribution >= 0.6 is 0 Å². The van der Waals surface area contributed by atoms with Crippen LogP contribution < -0.4 is 10.2 Å². The van der Waals surface area contributed by atoms with Crippen LogP contribution in [-0.2, 0) is 6.54 Å². The van der Waals surface area contributed by atoms with Crippen LogP contribution in [0.15, 0.2) is 54.9 Å². The molecule has 1 N–H and O–H groups in total. The van der Waals surface area contributed by atoms with Crippen molar-refractivity contribution in [3.05, 3.63) is 71.7 Å². The molecule has 1 aliphatic rings. The summed E-state index contributed by atoms with van der Waals surface area (Å²) in [5, 5.41) is 11.5. The molecule has 3 aromatic rings. The minimum absolute atomic E-state index is 0.100. The summed E-state index contributed by atoms with van der Waals surface area (Å²) in [6.07, 6.45) is 3.45. The van der Waals surface area contributed by atoms with E-state index in [-0.39, 0.29) is 5.91 Å². The monoisotopic (exact) mass is 389 g/mol. The Labute approximate surface area is 169 Å². The summed E-state index contributed by atoms with van der Waals surface area (Å²) in [4.78, 5) is 25.1. The van der Waals surface area contributed by atoms with Gasteiger partial charge >= 0.3 is 0 Å². The van der Waals surface area contributed by atoms with Crippen molar-refractivity contribution in [1.29, 1.82) is 0 Å². The lowest BCUT2D eigenvalue weighted by atomic mass is 10.1.